The van der Waals surface area contributed by atoms with Gasteiger partial charge >= 0.3 is 0 Å². The third-order valence-corrected chi connectivity index (χ3v) is 8.42. The number of hydrogen-bond donors (Lipinski definition) is 2. The number of nitriles is 1. The number of benzene rings is 2. The highest BCUT2D eigenvalue weighted by molar-refractivity contribution is 7.99. The Balaban J connectivity index is 1.40. The van der Waals surface area contributed by atoms with Gasteiger partial charge in [0.25, 0.3) is 5.56 Å². The lowest BCUT2D eigenvalue weighted by atomic mass is 10.1. The number of thioether (sulfide) groups is 1. The molecule has 0 bridgehead atoms. The molecule has 1 aliphatic heterocycles. The van der Waals surface area contributed by atoms with E-state index in [1.165, 1.54) is 16.4 Å². The Morgan fingerprint density at radius 2 is 1.78 bits per heavy atom. The molecule has 10 nitrogen and oxygen atoms in total. The van der Waals surface area contributed by atoms with Crippen molar-refractivity contribution in [3.8, 4) is 17.3 Å². The van der Waals surface area contributed by atoms with Crippen molar-refractivity contribution in [3.63, 3.8) is 0 Å². The maximum atomic E-state index is 12.9. The molecule has 0 aliphatic carbocycles. The van der Waals surface area contributed by atoms with Crippen LogP contribution in [-0.4, -0.2) is 72.5 Å². The third-order valence-electron chi connectivity index (χ3n) is 5.63. The molecule has 36 heavy (non-hydrogen) atoms. The first-order chi connectivity index (χ1) is 17.3. The van der Waals surface area contributed by atoms with Crippen LogP contribution in [0, 0.1) is 11.3 Å². The van der Waals surface area contributed by atoms with E-state index < -0.39 is 15.6 Å². The van der Waals surface area contributed by atoms with E-state index >= 15 is 0 Å². The first kappa shape index (κ1) is 25.6. The van der Waals surface area contributed by atoms with Crippen LogP contribution in [-0.2, 0) is 14.8 Å². The van der Waals surface area contributed by atoms with Gasteiger partial charge in [0.2, 0.25) is 15.9 Å². The molecule has 0 atom stereocenters. The van der Waals surface area contributed by atoms with Gasteiger partial charge in [-0.15, -0.1) is 0 Å². The minimum Gasteiger partial charge on any atom is -0.325 e. The predicted molar refractivity (Wildman–Crippen MR) is 137 cm³/mol. The fraction of sp³-hybridized carbons (Fsp3) is 0.250. The van der Waals surface area contributed by atoms with Crippen LogP contribution in [0.15, 0.2) is 69.4 Å². The largest absolute Gasteiger partial charge is 0.325 e. The second-order valence-electron chi connectivity index (χ2n) is 8.14. The molecule has 1 amide bonds. The number of piperazine rings is 1. The summed E-state index contributed by atoms with van der Waals surface area (Å²) in [4.78, 5) is 34.0. The Morgan fingerprint density at radius 1 is 1.11 bits per heavy atom. The van der Waals surface area contributed by atoms with E-state index in [-0.39, 0.29) is 33.0 Å². The minimum atomic E-state index is -3.59. The number of sulfonamides is 1. The lowest BCUT2D eigenvalue weighted by Gasteiger charge is -2.31. The van der Waals surface area contributed by atoms with Gasteiger partial charge in [0.15, 0.2) is 5.16 Å². The maximum absolute atomic E-state index is 12.9. The molecule has 2 N–H and O–H groups in total. The highest BCUT2D eigenvalue weighted by atomic mass is 32.2. The average molecular weight is 525 g/mol. The van der Waals surface area contributed by atoms with Crippen molar-refractivity contribution in [3.05, 3.63) is 70.5 Å². The fourth-order valence-corrected chi connectivity index (χ4v) is 5.73. The molecule has 2 aromatic carbocycles. The van der Waals surface area contributed by atoms with Gasteiger partial charge in [-0.05, 0) is 31.3 Å². The summed E-state index contributed by atoms with van der Waals surface area (Å²) < 4.78 is 27.2. The number of rotatable bonds is 7. The average Bonchev–Trinajstić information content (AvgIpc) is 2.88. The molecule has 2 heterocycles. The molecule has 1 saturated heterocycles. The molecule has 4 rings (SSSR count). The Labute approximate surface area is 213 Å². The molecule has 12 heteroatoms. The maximum Gasteiger partial charge on any atom is 0.270 e. The van der Waals surface area contributed by atoms with Crippen molar-refractivity contribution < 1.29 is 13.2 Å². The topological polar surface area (TPSA) is 139 Å². The van der Waals surface area contributed by atoms with Crippen LogP contribution >= 0.6 is 11.8 Å². The second-order valence-corrected chi connectivity index (χ2v) is 11.0. The molecule has 3 aromatic rings. The number of aromatic nitrogens is 2. The molecular weight excluding hydrogens is 500 g/mol. The Kier molecular flexibility index (Phi) is 7.85. The summed E-state index contributed by atoms with van der Waals surface area (Å²) in [5, 5.41) is 12.3. The van der Waals surface area contributed by atoms with Gasteiger partial charge in [-0.25, -0.2) is 13.4 Å². The second kappa shape index (κ2) is 11.0. The minimum absolute atomic E-state index is 0.0512. The summed E-state index contributed by atoms with van der Waals surface area (Å²) >= 11 is 1.02. The van der Waals surface area contributed by atoms with Crippen molar-refractivity contribution in [2.75, 3.05) is 44.3 Å². The number of H-pyrrole nitrogens is 1. The number of aromatic amines is 1. The van der Waals surface area contributed by atoms with Crippen LogP contribution in [0.5, 0.6) is 0 Å². The van der Waals surface area contributed by atoms with E-state index in [2.05, 4.69) is 20.2 Å². The van der Waals surface area contributed by atoms with Crippen molar-refractivity contribution in [1.29, 1.82) is 5.26 Å². The number of nitrogens with zero attached hydrogens (tertiary/aromatic N) is 4. The van der Waals surface area contributed by atoms with Crippen LogP contribution in [0.25, 0.3) is 11.3 Å². The van der Waals surface area contributed by atoms with Gasteiger partial charge in [0.05, 0.1) is 16.3 Å². The van der Waals surface area contributed by atoms with Crippen LogP contribution in [0.3, 0.4) is 0 Å². The Bertz CT molecular complexity index is 1440. The molecule has 1 aliphatic rings. The third kappa shape index (κ3) is 5.83. The monoisotopic (exact) mass is 524 g/mol. The molecule has 0 unspecified atom stereocenters. The highest BCUT2D eigenvalue weighted by Gasteiger charge is 2.27. The number of nitrogens with one attached hydrogen (secondary N) is 2. The summed E-state index contributed by atoms with van der Waals surface area (Å²) in [6.07, 6.45) is 0. The normalized spacial score (nSPS) is 14.8. The van der Waals surface area contributed by atoms with E-state index in [1.807, 2.05) is 19.2 Å². The van der Waals surface area contributed by atoms with E-state index in [0.717, 1.165) is 11.8 Å². The first-order valence-corrected chi connectivity index (χ1v) is 13.5. The molecule has 0 radical (unpaired) electrons. The smallest absolute Gasteiger partial charge is 0.270 e. The molecule has 0 spiro atoms. The number of amides is 1. The summed E-state index contributed by atoms with van der Waals surface area (Å²) in [7, 11) is -1.63. The molecule has 1 aromatic heterocycles. The number of anilines is 1. The number of hydrogen-bond acceptors (Lipinski definition) is 8. The number of carbonyl (C=O) groups excluding carboxylic acids is 1. The predicted octanol–water partition coefficient (Wildman–Crippen LogP) is 1.98. The lowest BCUT2D eigenvalue weighted by molar-refractivity contribution is -0.113. The van der Waals surface area contributed by atoms with Crippen LogP contribution in [0.1, 0.15) is 5.56 Å². The quantitative estimate of drug-likeness (QED) is 0.353. The van der Waals surface area contributed by atoms with Gasteiger partial charge in [-0.2, -0.15) is 9.57 Å². The van der Waals surface area contributed by atoms with Gasteiger partial charge in [-0.3, -0.25) is 9.59 Å². The zero-order chi connectivity index (χ0) is 25.7. The van der Waals surface area contributed by atoms with E-state index in [0.29, 0.717) is 37.4 Å². The van der Waals surface area contributed by atoms with Gasteiger partial charge in [-0.1, -0.05) is 42.1 Å². The zero-order valence-electron chi connectivity index (χ0n) is 19.5. The van der Waals surface area contributed by atoms with Crippen LogP contribution < -0.4 is 10.9 Å². The van der Waals surface area contributed by atoms with Gasteiger partial charge in [0, 0.05) is 37.4 Å². The lowest BCUT2D eigenvalue weighted by Crippen LogP contribution is -2.46. The molecule has 186 valence electrons. The zero-order valence-corrected chi connectivity index (χ0v) is 21.1. The molecule has 1 fully saturated rings. The summed E-state index contributed by atoms with van der Waals surface area (Å²) in [5.74, 6) is -0.410. The standard InChI is InChI=1S/C24H24N6O4S2/c1-29-11-13-30(14-12-29)36(33,34)19-9-7-18(8-10-19)26-21(31)16-35-24-27-22(17-5-3-2-4-6-17)20(15-25)23(32)28-24/h2-10H,11-14,16H2,1H3,(H,26,31)(H,27,28,32). The van der Waals surface area contributed by atoms with E-state index in [4.69, 9.17) is 0 Å². The van der Waals surface area contributed by atoms with Crippen LogP contribution in [0.2, 0.25) is 0 Å². The number of carbonyl (C=O) groups is 1. The summed E-state index contributed by atoms with van der Waals surface area (Å²) in [5.41, 5.74) is 0.650. The number of likely N-dealkylation sites (N-methyl/N-ethyl adjacent to an activating group) is 1. The molecular formula is C24H24N6O4S2. The van der Waals surface area contributed by atoms with Crippen molar-refractivity contribution in [2.24, 2.45) is 0 Å². The summed E-state index contributed by atoms with van der Waals surface area (Å²) in [6, 6.07) is 16.8. The van der Waals surface area contributed by atoms with Crippen molar-refractivity contribution in [1.82, 2.24) is 19.2 Å². The van der Waals surface area contributed by atoms with Gasteiger partial charge < -0.3 is 15.2 Å². The fourth-order valence-electron chi connectivity index (χ4n) is 3.65. The SMILES string of the molecule is CN1CCN(S(=O)(=O)c2ccc(NC(=O)CSc3nc(-c4ccccc4)c(C#N)c(=O)[nH]3)cc2)CC1. The Morgan fingerprint density at radius 3 is 2.42 bits per heavy atom. The first-order valence-electron chi connectivity index (χ1n) is 11.1. The van der Waals surface area contributed by atoms with Gasteiger partial charge in [0.1, 0.15) is 11.6 Å². The van der Waals surface area contributed by atoms with Crippen LogP contribution in [0.4, 0.5) is 5.69 Å². The Hall–Kier alpha value is -3.50. The van der Waals surface area contributed by atoms with E-state index in [9.17, 15) is 23.3 Å². The summed E-state index contributed by atoms with van der Waals surface area (Å²) in [6.45, 7) is 2.23. The van der Waals surface area contributed by atoms with Crippen molar-refractivity contribution >= 4 is 33.4 Å². The van der Waals surface area contributed by atoms with E-state index in [1.54, 1.807) is 36.4 Å². The van der Waals surface area contributed by atoms with Crippen molar-refractivity contribution in [2.45, 2.75) is 10.1 Å². The highest BCUT2D eigenvalue weighted by Crippen LogP contribution is 2.23. The molecule has 0 saturated carbocycles.